The summed E-state index contributed by atoms with van der Waals surface area (Å²) in [5, 5.41) is 24.2. The number of hydrazone groups is 1. The van der Waals surface area contributed by atoms with Gasteiger partial charge in [0.05, 0.1) is 24.1 Å². The summed E-state index contributed by atoms with van der Waals surface area (Å²) in [5.41, 5.74) is 8.17. The quantitative estimate of drug-likeness (QED) is 0.175. The highest BCUT2D eigenvalue weighted by atomic mass is 16.5. The van der Waals surface area contributed by atoms with Gasteiger partial charge in [-0.1, -0.05) is 89.2 Å². The number of allylic oxidation sites excluding steroid dienone is 6. The van der Waals surface area contributed by atoms with Crippen LogP contribution in [-0.2, 0) is 15.6 Å². The molecular weight excluding hydrogens is 608 g/mol. The zero-order chi connectivity index (χ0) is 36.4. The fourth-order valence-electron chi connectivity index (χ4n) is 5.57. The van der Waals surface area contributed by atoms with Crippen LogP contribution in [0.15, 0.2) is 111 Å². The number of ketones is 1. The zero-order valence-electron chi connectivity index (χ0n) is 31.4. The van der Waals surface area contributed by atoms with E-state index < -0.39 is 0 Å². The van der Waals surface area contributed by atoms with Gasteiger partial charge >= 0.3 is 0 Å². The summed E-state index contributed by atoms with van der Waals surface area (Å²) in [5.74, 6) is 1.93. The van der Waals surface area contributed by atoms with E-state index in [0.717, 1.165) is 45.6 Å². The maximum Gasteiger partial charge on any atom is 0.186 e. The Bertz CT molecular complexity index is 1700. The lowest BCUT2D eigenvalue weighted by Crippen LogP contribution is -2.27. The van der Waals surface area contributed by atoms with Crippen molar-refractivity contribution in [2.45, 2.75) is 106 Å². The topological polar surface area (TPSA) is 95.6 Å². The van der Waals surface area contributed by atoms with E-state index in [2.05, 4.69) is 104 Å². The van der Waals surface area contributed by atoms with Crippen molar-refractivity contribution in [3.8, 4) is 11.5 Å². The summed E-state index contributed by atoms with van der Waals surface area (Å²) in [6.07, 6.45) is 14.1. The second-order valence-corrected chi connectivity index (χ2v) is 17.0. The van der Waals surface area contributed by atoms with E-state index >= 15 is 0 Å². The average Bonchev–Trinajstić information content (AvgIpc) is 2.98. The van der Waals surface area contributed by atoms with E-state index in [-0.39, 0.29) is 33.5 Å². The maximum atomic E-state index is 13.2. The minimum Gasteiger partial charge on any atom is -0.507 e. The summed E-state index contributed by atoms with van der Waals surface area (Å²) in [6.45, 7) is 25.0. The Hall–Kier alpha value is -4.52. The van der Waals surface area contributed by atoms with Crippen LogP contribution in [0, 0.1) is 10.8 Å². The highest BCUT2D eigenvalue weighted by molar-refractivity contribution is 6.11. The van der Waals surface area contributed by atoms with Crippen molar-refractivity contribution in [3.05, 3.63) is 112 Å². The molecule has 0 bridgehead atoms. The number of nitrogens with one attached hydrogen (secondary N) is 1. The Morgan fingerprint density at radius 1 is 0.816 bits per heavy atom. The molecule has 7 heteroatoms. The molecule has 0 amide bonds. The first-order valence-electron chi connectivity index (χ1n) is 17.1. The Balaban J connectivity index is 1.36. The minimum atomic E-state index is -0.273. The van der Waals surface area contributed by atoms with Crippen LogP contribution in [0.1, 0.15) is 106 Å². The van der Waals surface area contributed by atoms with Crippen molar-refractivity contribution in [2.75, 3.05) is 0 Å². The minimum absolute atomic E-state index is 0.0349. The van der Waals surface area contributed by atoms with Gasteiger partial charge in [0.1, 0.15) is 17.3 Å². The van der Waals surface area contributed by atoms with Crippen LogP contribution in [-0.4, -0.2) is 23.1 Å². The largest absolute Gasteiger partial charge is 0.507 e. The van der Waals surface area contributed by atoms with Gasteiger partial charge in [-0.25, -0.2) is 0 Å². The van der Waals surface area contributed by atoms with Crippen molar-refractivity contribution in [1.82, 2.24) is 5.43 Å². The third-order valence-corrected chi connectivity index (χ3v) is 8.45. The van der Waals surface area contributed by atoms with Crippen LogP contribution >= 0.6 is 0 Å². The van der Waals surface area contributed by atoms with Gasteiger partial charge in [-0.15, -0.1) is 0 Å². The summed E-state index contributed by atoms with van der Waals surface area (Å²) in [7, 11) is 0. The molecule has 0 heterocycles. The van der Waals surface area contributed by atoms with Gasteiger partial charge in [0.15, 0.2) is 5.78 Å². The number of phenols is 1. The summed E-state index contributed by atoms with van der Waals surface area (Å²) in [6, 6.07) is 11.5. The van der Waals surface area contributed by atoms with E-state index in [0.29, 0.717) is 17.2 Å². The number of benzene rings is 2. The molecule has 260 valence electrons. The normalized spacial score (nSPS) is 17.7. The van der Waals surface area contributed by atoms with Crippen molar-refractivity contribution >= 4 is 17.7 Å². The van der Waals surface area contributed by atoms with Crippen molar-refractivity contribution < 1.29 is 14.6 Å². The smallest absolute Gasteiger partial charge is 0.186 e. The number of Topliss-reactive ketones (excluding diaryl/α,β-unsaturated/α-hetero) is 1. The molecule has 2 aromatic carbocycles. The van der Waals surface area contributed by atoms with Crippen LogP contribution < -0.4 is 10.2 Å². The second kappa shape index (κ2) is 14.1. The summed E-state index contributed by atoms with van der Waals surface area (Å²) >= 11 is 0. The fraction of sp³-hybridized carbons (Fsp3) is 0.429. The number of carbonyl (C=O) groups excluding carboxylic acids is 1. The van der Waals surface area contributed by atoms with Crippen LogP contribution in [0.25, 0.3) is 0 Å². The molecule has 2 aliphatic rings. The molecular formula is C42H54N4O3. The molecule has 2 aliphatic carbocycles. The van der Waals surface area contributed by atoms with Crippen molar-refractivity contribution in [3.63, 3.8) is 0 Å². The first-order valence-corrected chi connectivity index (χ1v) is 17.1. The third-order valence-electron chi connectivity index (χ3n) is 8.45. The van der Waals surface area contributed by atoms with E-state index in [1.807, 2.05) is 73.0 Å². The van der Waals surface area contributed by atoms with Crippen LogP contribution in [0.4, 0.5) is 5.69 Å². The number of carbonyl (C=O) groups is 1. The molecule has 0 saturated heterocycles. The fourth-order valence-corrected chi connectivity index (χ4v) is 5.57. The van der Waals surface area contributed by atoms with Gasteiger partial charge in [-0.3, -0.25) is 4.79 Å². The summed E-state index contributed by atoms with van der Waals surface area (Å²) in [4.78, 5) is 13.2. The lowest BCUT2D eigenvalue weighted by Gasteiger charge is -2.31. The van der Waals surface area contributed by atoms with Crippen LogP contribution in [0.2, 0.25) is 0 Å². The van der Waals surface area contributed by atoms with Gasteiger partial charge < -0.3 is 15.3 Å². The van der Waals surface area contributed by atoms with Gasteiger partial charge in [0.2, 0.25) is 0 Å². The first-order chi connectivity index (χ1) is 22.6. The molecule has 0 saturated carbocycles. The number of phenolic OH excluding ortho intramolecular Hbond substituents is 1. The number of hydrogen-bond donors (Lipinski definition) is 2. The molecule has 1 unspecified atom stereocenters. The van der Waals surface area contributed by atoms with Crippen LogP contribution in [0.3, 0.4) is 0 Å². The average molecular weight is 663 g/mol. The summed E-state index contributed by atoms with van der Waals surface area (Å²) < 4.78 is 6.08. The Morgan fingerprint density at radius 2 is 1.37 bits per heavy atom. The molecule has 0 spiro atoms. The van der Waals surface area contributed by atoms with E-state index in [9.17, 15) is 9.90 Å². The number of nitrogens with zero attached hydrogens (tertiary/aromatic N) is 3. The predicted molar refractivity (Wildman–Crippen MR) is 202 cm³/mol. The van der Waals surface area contributed by atoms with Crippen LogP contribution in [0.5, 0.6) is 11.5 Å². The number of rotatable bonds is 7. The predicted octanol–water partition coefficient (Wildman–Crippen LogP) is 10.7. The Labute approximate surface area is 293 Å². The number of azo groups is 1. The van der Waals surface area contributed by atoms with Gasteiger partial charge in [0, 0.05) is 22.3 Å². The Morgan fingerprint density at radius 3 is 1.84 bits per heavy atom. The van der Waals surface area contributed by atoms with Gasteiger partial charge in [-0.2, -0.15) is 15.3 Å². The molecule has 0 aliphatic heterocycles. The molecule has 49 heavy (non-hydrogen) atoms. The lowest BCUT2D eigenvalue weighted by molar-refractivity contribution is -0.114. The van der Waals surface area contributed by atoms with Gasteiger partial charge in [0.25, 0.3) is 0 Å². The third kappa shape index (κ3) is 9.78. The lowest BCUT2D eigenvalue weighted by atomic mass is 9.72. The number of hydrogen-bond acceptors (Lipinski definition) is 7. The zero-order valence-corrected chi connectivity index (χ0v) is 31.4. The van der Waals surface area contributed by atoms with Crippen molar-refractivity contribution in [2.24, 2.45) is 26.2 Å². The molecule has 4 rings (SSSR count). The monoisotopic (exact) mass is 662 g/mol. The molecule has 0 fully saturated rings. The van der Waals surface area contributed by atoms with E-state index in [1.165, 1.54) is 0 Å². The molecule has 0 radical (unpaired) electrons. The molecule has 0 aromatic heterocycles. The highest BCUT2D eigenvalue weighted by Crippen LogP contribution is 2.40. The number of ether oxygens (including phenoxy) is 1. The SMILES string of the molecule is CC(C)(C)C1=CC(=CN=Nc2ccc(OC3=CCC(N/N=C/c4cc(C(C)(C)C)c(O)c(C(C)(C)C)c4)C=C3)cc2)C=C(C(C)(C)C)C1=O. The second-order valence-electron chi connectivity index (χ2n) is 17.0. The van der Waals surface area contributed by atoms with E-state index in [1.54, 1.807) is 6.20 Å². The molecule has 7 nitrogen and oxygen atoms in total. The standard InChI is InChI=1S/C42H54N4O3/c1-39(2,3)33-21-27(22-34(37(33)47)40(4,5)6)25-43-45-29-13-17-31(18-14-29)49-32-19-15-30(16-20-32)46-44-26-28-23-35(41(7,8)9)38(48)36(24-28)42(10,11)12/h13-15,17-26,30,46,48H,16H2,1-12H3/b44-26+,45-43?. The Kier molecular flexibility index (Phi) is 10.8. The van der Waals surface area contributed by atoms with E-state index in [4.69, 9.17) is 4.74 Å². The molecule has 2 N–H and O–H groups in total. The maximum absolute atomic E-state index is 13.2. The molecule has 1 atom stereocenters. The first kappa shape index (κ1) is 37.3. The molecule has 2 aromatic rings. The van der Waals surface area contributed by atoms with Crippen molar-refractivity contribution in [1.29, 1.82) is 0 Å². The van der Waals surface area contributed by atoms with Gasteiger partial charge in [-0.05, 0) is 99.9 Å². The highest BCUT2D eigenvalue weighted by Gasteiger charge is 2.34. The number of aromatic hydroxyl groups is 1.